The molecule has 2 aromatic carbocycles. The van der Waals surface area contributed by atoms with Crippen LogP contribution in [0.5, 0.6) is 5.75 Å². The molecule has 2 aromatic rings. The summed E-state index contributed by atoms with van der Waals surface area (Å²) in [6, 6.07) is 13.2. The Morgan fingerprint density at radius 1 is 1.07 bits per heavy atom. The third-order valence-corrected chi connectivity index (χ3v) is 5.17. The molecular formula is C23H24ClNO4. The lowest BCUT2D eigenvalue weighted by Gasteiger charge is -2.25. The summed E-state index contributed by atoms with van der Waals surface area (Å²) in [6.45, 7) is 4.91. The fraction of sp³-hybridized carbons (Fsp3) is 0.304. The summed E-state index contributed by atoms with van der Waals surface area (Å²) in [5.41, 5.74) is 1.29. The van der Waals surface area contributed by atoms with Crippen molar-refractivity contribution in [3.8, 4) is 5.75 Å². The maximum atomic E-state index is 12.9. The molecular weight excluding hydrogens is 390 g/mol. The summed E-state index contributed by atoms with van der Waals surface area (Å²) in [7, 11) is 0. The molecule has 1 fully saturated rings. The van der Waals surface area contributed by atoms with E-state index in [9.17, 15) is 14.7 Å². The first-order valence-electron chi connectivity index (χ1n) is 9.75. The highest BCUT2D eigenvalue weighted by molar-refractivity contribution is 6.46. The zero-order valence-electron chi connectivity index (χ0n) is 16.5. The molecule has 0 aliphatic carbocycles. The van der Waals surface area contributed by atoms with E-state index in [2.05, 4.69) is 0 Å². The highest BCUT2D eigenvalue weighted by Gasteiger charge is 2.45. The number of likely N-dealkylation sites (tertiary alicyclic amines) is 1. The SMILES string of the molecule is CCCCN1C(=O)C(=O)/C(=C(\O)c2ccc(Cl)cc2)C1c1ccc(OCC)cc1. The fourth-order valence-corrected chi connectivity index (χ4v) is 3.59. The van der Waals surface area contributed by atoms with Crippen LogP contribution < -0.4 is 4.74 Å². The molecule has 29 heavy (non-hydrogen) atoms. The van der Waals surface area contributed by atoms with Gasteiger partial charge in [-0.15, -0.1) is 0 Å². The van der Waals surface area contributed by atoms with Crippen LogP contribution in [0.3, 0.4) is 0 Å². The second-order valence-electron chi connectivity index (χ2n) is 6.85. The smallest absolute Gasteiger partial charge is 0.295 e. The molecule has 6 heteroatoms. The molecule has 1 unspecified atom stereocenters. The van der Waals surface area contributed by atoms with Gasteiger partial charge in [-0.1, -0.05) is 37.1 Å². The Morgan fingerprint density at radius 3 is 2.31 bits per heavy atom. The van der Waals surface area contributed by atoms with E-state index in [1.54, 1.807) is 41.3 Å². The number of rotatable bonds is 7. The highest BCUT2D eigenvalue weighted by Crippen LogP contribution is 2.40. The van der Waals surface area contributed by atoms with Crippen LogP contribution in [-0.4, -0.2) is 34.8 Å². The summed E-state index contributed by atoms with van der Waals surface area (Å²) < 4.78 is 5.49. The summed E-state index contributed by atoms with van der Waals surface area (Å²) in [5, 5.41) is 11.4. The van der Waals surface area contributed by atoms with Gasteiger partial charge in [0.15, 0.2) is 0 Å². The molecule has 1 aliphatic heterocycles. The van der Waals surface area contributed by atoms with Crippen molar-refractivity contribution in [2.75, 3.05) is 13.2 Å². The molecule has 0 radical (unpaired) electrons. The molecule has 1 amide bonds. The van der Waals surface area contributed by atoms with Gasteiger partial charge >= 0.3 is 0 Å². The minimum atomic E-state index is -0.674. The van der Waals surface area contributed by atoms with Crippen LogP contribution in [0.4, 0.5) is 0 Å². The standard InChI is InChI=1S/C23H24ClNO4/c1-3-5-14-25-20(15-8-12-18(13-9-15)29-4-2)19(22(27)23(25)28)21(26)16-6-10-17(24)11-7-16/h6-13,20,26H,3-5,14H2,1-2H3/b21-19-. The fourth-order valence-electron chi connectivity index (χ4n) is 3.46. The van der Waals surface area contributed by atoms with Crippen molar-refractivity contribution >= 4 is 29.1 Å². The summed E-state index contributed by atoms with van der Waals surface area (Å²) >= 11 is 5.93. The third-order valence-electron chi connectivity index (χ3n) is 4.92. The highest BCUT2D eigenvalue weighted by atomic mass is 35.5. The van der Waals surface area contributed by atoms with Gasteiger partial charge in [0.2, 0.25) is 0 Å². The van der Waals surface area contributed by atoms with Crippen LogP contribution in [0.2, 0.25) is 5.02 Å². The molecule has 152 valence electrons. The molecule has 3 rings (SSSR count). The second-order valence-corrected chi connectivity index (χ2v) is 7.29. The Morgan fingerprint density at radius 2 is 1.72 bits per heavy atom. The number of unbranched alkanes of at least 4 members (excludes halogenated alkanes) is 1. The number of aliphatic hydroxyl groups is 1. The van der Waals surface area contributed by atoms with Crippen LogP contribution in [0.15, 0.2) is 54.1 Å². The van der Waals surface area contributed by atoms with Crippen LogP contribution in [-0.2, 0) is 9.59 Å². The van der Waals surface area contributed by atoms with Gasteiger partial charge in [0, 0.05) is 17.1 Å². The monoisotopic (exact) mass is 413 g/mol. The van der Waals surface area contributed by atoms with Gasteiger partial charge in [0.25, 0.3) is 11.7 Å². The molecule has 0 spiro atoms. The predicted molar refractivity (Wildman–Crippen MR) is 113 cm³/mol. The molecule has 0 aromatic heterocycles. The van der Waals surface area contributed by atoms with Crippen molar-refractivity contribution in [2.24, 2.45) is 0 Å². The van der Waals surface area contributed by atoms with Gasteiger partial charge in [-0.05, 0) is 55.3 Å². The van der Waals surface area contributed by atoms with Crippen molar-refractivity contribution in [1.82, 2.24) is 4.90 Å². The molecule has 1 saturated heterocycles. The van der Waals surface area contributed by atoms with Crippen LogP contribution in [0.1, 0.15) is 43.9 Å². The first-order chi connectivity index (χ1) is 14.0. The van der Waals surface area contributed by atoms with Crippen LogP contribution in [0.25, 0.3) is 5.76 Å². The van der Waals surface area contributed by atoms with E-state index < -0.39 is 17.7 Å². The Balaban J connectivity index is 2.10. The minimum absolute atomic E-state index is 0.0950. The zero-order chi connectivity index (χ0) is 21.0. The predicted octanol–water partition coefficient (Wildman–Crippen LogP) is 4.96. The first kappa shape index (κ1) is 20.9. The van der Waals surface area contributed by atoms with Crippen LogP contribution in [0, 0.1) is 0 Å². The van der Waals surface area contributed by atoms with E-state index >= 15 is 0 Å². The molecule has 0 bridgehead atoms. The van der Waals surface area contributed by atoms with E-state index in [1.807, 2.05) is 26.0 Å². The number of nitrogens with zero attached hydrogens (tertiary/aromatic N) is 1. The third kappa shape index (κ3) is 4.30. The number of hydrogen-bond donors (Lipinski definition) is 1. The summed E-state index contributed by atoms with van der Waals surface area (Å²) in [4.78, 5) is 27.1. The van der Waals surface area contributed by atoms with Gasteiger partial charge in [0.05, 0.1) is 18.2 Å². The Hall–Kier alpha value is -2.79. The van der Waals surface area contributed by atoms with E-state index in [-0.39, 0.29) is 11.3 Å². The molecule has 1 atom stereocenters. The van der Waals surface area contributed by atoms with Crippen molar-refractivity contribution in [1.29, 1.82) is 0 Å². The average Bonchev–Trinajstić information content (AvgIpc) is 2.98. The maximum absolute atomic E-state index is 12.9. The van der Waals surface area contributed by atoms with Gasteiger partial charge in [-0.3, -0.25) is 9.59 Å². The molecule has 1 aliphatic rings. The number of aliphatic hydroxyl groups excluding tert-OH is 1. The summed E-state index contributed by atoms with van der Waals surface area (Å²) in [5.74, 6) is -0.752. The molecule has 1 heterocycles. The van der Waals surface area contributed by atoms with E-state index in [1.165, 1.54) is 0 Å². The van der Waals surface area contributed by atoms with Gasteiger partial charge in [0.1, 0.15) is 11.5 Å². The number of carbonyl (C=O) groups is 2. The number of halogens is 1. The number of ketones is 1. The van der Waals surface area contributed by atoms with Crippen molar-refractivity contribution in [3.63, 3.8) is 0 Å². The number of carbonyl (C=O) groups excluding carboxylic acids is 2. The van der Waals surface area contributed by atoms with Crippen molar-refractivity contribution in [3.05, 3.63) is 70.3 Å². The van der Waals surface area contributed by atoms with Crippen molar-refractivity contribution in [2.45, 2.75) is 32.7 Å². The molecule has 5 nitrogen and oxygen atoms in total. The Labute approximate surface area is 175 Å². The second kappa shape index (κ2) is 9.14. The molecule has 0 saturated carbocycles. The quantitative estimate of drug-likeness (QED) is 0.395. The number of Topliss-reactive ketones (excluding diaryl/α,β-unsaturated/α-hetero) is 1. The van der Waals surface area contributed by atoms with Gasteiger partial charge in [-0.25, -0.2) is 0 Å². The normalized spacial score (nSPS) is 18.3. The van der Waals surface area contributed by atoms with E-state index in [0.717, 1.165) is 18.4 Å². The number of hydrogen-bond acceptors (Lipinski definition) is 4. The summed E-state index contributed by atoms with van der Waals surface area (Å²) in [6.07, 6.45) is 1.65. The lowest BCUT2D eigenvalue weighted by molar-refractivity contribution is -0.139. The number of ether oxygens (including phenoxy) is 1. The van der Waals surface area contributed by atoms with Gasteiger partial charge in [-0.2, -0.15) is 0 Å². The molecule has 1 N–H and O–H groups in total. The Bertz CT molecular complexity index is 919. The maximum Gasteiger partial charge on any atom is 0.295 e. The van der Waals surface area contributed by atoms with E-state index in [0.29, 0.717) is 29.5 Å². The topological polar surface area (TPSA) is 66.8 Å². The number of amides is 1. The lowest BCUT2D eigenvalue weighted by Crippen LogP contribution is -2.30. The van der Waals surface area contributed by atoms with Gasteiger partial charge < -0.3 is 14.7 Å². The minimum Gasteiger partial charge on any atom is -0.507 e. The Kier molecular flexibility index (Phi) is 6.60. The zero-order valence-corrected chi connectivity index (χ0v) is 17.3. The largest absolute Gasteiger partial charge is 0.507 e. The number of benzene rings is 2. The lowest BCUT2D eigenvalue weighted by atomic mass is 9.95. The average molecular weight is 414 g/mol. The van der Waals surface area contributed by atoms with Crippen LogP contribution >= 0.6 is 11.6 Å². The van der Waals surface area contributed by atoms with E-state index in [4.69, 9.17) is 16.3 Å². The first-order valence-corrected chi connectivity index (χ1v) is 10.1. The van der Waals surface area contributed by atoms with Crippen molar-refractivity contribution < 1.29 is 19.4 Å².